The molecule has 20 heavy (non-hydrogen) atoms. The first kappa shape index (κ1) is 15.0. The molecule has 97 valence electrons. The minimum absolute atomic E-state index is 1.09. The van der Waals surface area contributed by atoms with Gasteiger partial charge in [-0.2, -0.15) is 21.0 Å². The van der Waals surface area contributed by atoms with E-state index in [2.05, 4.69) is 0 Å². The van der Waals surface area contributed by atoms with Gasteiger partial charge in [-0.15, -0.1) is 0 Å². The number of hydrogen-bond acceptors (Lipinski definition) is 4. The predicted molar refractivity (Wildman–Crippen MR) is 53.8 cm³/mol. The second-order valence-corrected chi connectivity index (χ2v) is 3.33. The maximum atomic E-state index is 13.6. The van der Waals surface area contributed by atoms with Crippen LogP contribution in [0.2, 0.25) is 0 Å². The van der Waals surface area contributed by atoms with Gasteiger partial charge in [-0.05, 0) is 0 Å². The summed E-state index contributed by atoms with van der Waals surface area (Å²) in [6.07, 6.45) is 0. The lowest BCUT2D eigenvalue weighted by Crippen LogP contribution is -2.13. The Hall–Kier alpha value is -3.10. The van der Waals surface area contributed by atoms with Crippen LogP contribution in [0.5, 0.6) is 0 Å². The summed E-state index contributed by atoms with van der Waals surface area (Å²) < 4.78 is 54.6. The molecule has 0 unspecified atom stereocenters. The highest BCUT2D eigenvalue weighted by atomic mass is 19.2. The van der Waals surface area contributed by atoms with Crippen molar-refractivity contribution in [1.82, 2.24) is 0 Å². The fraction of sp³-hybridized carbons (Fsp3) is 0.0833. The minimum Gasteiger partial charge on any atom is -0.203 e. The Bertz CT molecular complexity index is 610. The molecule has 0 spiro atoms. The van der Waals surface area contributed by atoms with E-state index in [1.807, 2.05) is 0 Å². The number of halogens is 4. The molecule has 1 aromatic carbocycles. The Labute approximate surface area is 110 Å². The van der Waals surface area contributed by atoms with Gasteiger partial charge in [0.1, 0.15) is 0 Å². The molecule has 4 nitrogen and oxygen atoms in total. The van der Waals surface area contributed by atoms with Crippen LogP contribution in [0.1, 0.15) is 17.0 Å². The summed E-state index contributed by atoms with van der Waals surface area (Å²) in [6.45, 7) is 0. The van der Waals surface area contributed by atoms with Gasteiger partial charge in [0.2, 0.25) is 5.92 Å². The van der Waals surface area contributed by atoms with Crippen LogP contribution in [0.4, 0.5) is 17.6 Å². The number of nitrogens with zero attached hydrogens (tertiary/aromatic N) is 4. The molecule has 0 aliphatic carbocycles. The highest BCUT2D eigenvalue weighted by Gasteiger charge is 2.33. The zero-order chi connectivity index (χ0) is 15.4. The Morgan fingerprint density at radius 2 is 1.15 bits per heavy atom. The average molecular weight is 277 g/mol. The smallest absolute Gasteiger partial charge is 0.203 e. The maximum Gasteiger partial charge on any atom is 0.210 e. The zero-order valence-electron chi connectivity index (χ0n) is 9.38. The lowest BCUT2D eigenvalue weighted by molar-refractivity contribution is 0.432. The third kappa shape index (κ3) is 2.11. The van der Waals surface area contributed by atoms with Crippen LogP contribution in [0, 0.1) is 74.5 Å². The Kier molecular flexibility index (Phi) is 4.26. The van der Waals surface area contributed by atoms with Crippen molar-refractivity contribution in [2.45, 2.75) is 5.92 Å². The molecule has 0 aliphatic heterocycles. The van der Waals surface area contributed by atoms with Crippen molar-refractivity contribution in [3.05, 3.63) is 40.3 Å². The lowest BCUT2D eigenvalue weighted by atomic mass is 9.93. The van der Waals surface area contributed by atoms with Gasteiger partial charge < -0.3 is 0 Å². The van der Waals surface area contributed by atoms with Crippen molar-refractivity contribution in [3.8, 4) is 24.3 Å². The van der Waals surface area contributed by atoms with Gasteiger partial charge in [-0.25, -0.2) is 17.6 Å². The molecule has 1 rings (SSSR count). The Morgan fingerprint density at radius 1 is 0.750 bits per heavy atom. The van der Waals surface area contributed by atoms with Crippen molar-refractivity contribution in [2.75, 3.05) is 0 Å². The summed E-state index contributed by atoms with van der Waals surface area (Å²) in [4.78, 5) is 0. The highest BCUT2D eigenvalue weighted by molar-refractivity contribution is 5.52. The molecule has 0 saturated carbocycles. The molecule has 0 aromatic heterocycles. The van der Waals surface area contributed by atoms with Crippen molar-refractivity contribution in [1.29, 1.82) is 21.0 Å². The van der Waals surface area contributed by atoms with E-state index in [9.17, 15) is 17.6 Å². The van der Waals surface area contributed by atoms with Gasteiger partial charge in [-0.1, -0.05) is 0 Å². The fourth-order valence-electron chi connectivity index (χ4n) is 1.42. The van der Waals surface area contributed by atoms with E-state index in [-0.39, 0.29) is 0 Å². The molecule has 1 aromatic rings. The fourth-order valence-corrected chi connectivity index (χ4v) is 1.42. The van der Waals surface area contributed by atoms with Gasteiger partial charge in [0, 0.05) is 0 Å². The summed E-state index contributed by atoms with van der Waals surface area (Å²) in [5.41, 5.74) is -2.87. The lowest BCUT2D eigenvalue weighted by Gasteiger charge is -2.11. The van der Waals surface area contributed by atoms with Crippen molar-refractivity contribution < 1.29 is 17.6 Å². The maximum absolute atomic E-state index is 13.6. The van der Waals surface area contributed by atoms with Gasteiger partial charge in [-0.3, -0.25) is 0 Å². The van der Waals surface area contributed by atoms with Crippen LogP contribution in [0.3, 0.4) is 0 Å². The molecule has 0 aliphatic rings. The SMILES string of the molecule is N#C[C](C#N)c1c(F)c(F)c(C(C#N)C#N)c(F)c1F. The molecule has 8 heteroatoms. The summed E-state index contributed by atoms with van der Waals surface area (Å²) in [5.74, 6) is -11.2. The van der Waals surface area contributed by atoms with Gasteiger partial charge in [0.15, 0.2) is 29.2 Å². The van der Waals surface area contributed by atoms with Gasteiger partial charge >= 0.3 is 0 Å². The van der Waals surface area contributed by atoms with Crippen molar-refractivity contribution >= 4 is 0 Å². The summed E-state index contributed by atoms with van der Waals surface area (Å²) in [5, 5.41) is 34.0. The monoisotopic (exact) mass is 277 g/mol. The van der Waals surface area contributed by atoms with Crippen molar-refractivity contribution in [3.63, 3.8) is 0 Å². The largest absolute Gasteiger partial charge is 0.210 e. The van der Waals surface area contributed by atoms with E-state index in [1.54, 1.807) is 0 Å². The van der Waals surface area contributed by atoms with Crippen LogP contribution in [0.15, 0.2) is 0 Å². The predicted octanol–water partition coefficient (Wildman–Crippen LogP) is 2.34. The number of benzene rings is 1. The second-order valence-electron chi connectivity index (χ2n) is 3.33. The van der Waals surface area contributed by atoms with Crippen molar-refractivity contribution in [2.24, 2.45) is 0 Å². The molecule has 0 saturated heterocycles. The summed E-state index contributed by atoms with van der Waals surface area (Å²) in [7, 11) is 0. The van der Waals surface area contributed by atoms with Crippen LogP contribution >= 0.6 is 0 Å². The third-order valence-electron chi connectivity index (χ3n) is 2.32. The minimum atomic E-state index is -2.07. The first-order chi connectivity index (χ1) is 9.44. The van der Waals surface area contributed by atoms with E-state index in [0.29, 0.717) is 0 Å². The topological polar surface area (TPSA) is 95.2 Å². The summed E-state index contributed by atoms with van der Waals surface area (Å²) >= 11 is 0. The van der Waals surface area contributed by atoms with E-state index in [4.69, 9.17) is 21.0 Å². The Morgan fingerprint density at radius 3 is 1.45 bits per heavy atom. The van der Waals surface area contributed by atoms with E-state index in [1.165, 1.54) is 12.1 Å². The molecular weight excluding hydrogens is 276 g/mol. The molecule has 0 N–H and O–H groups in total. The summed E-state index contributed by atoms with van der Waals surface area (Å²) in [6, 6.07) is 4.53. The first-order valence-corrected chi connectivity index (χ1v) is 4.77. The standard InChI is InChI=1S/C12HF4N4/c13-9-7(5(1-17)2-18)10(14)12(16)8(11(9)15)6(3-19)4-20/h5H. The number of nitriles is 4. The molecule has 0 heterocycles. The van der Waals surface area contributed by atoms with Crippen LogP contribution in [0.25, 0.3) is 0 Å². The van der Waals surface area contributed by atoms with Crippen LogP contribution in [-0.2, 0) is 0 Å². The van der Waals surface area contributed by atoms with Gasteiger partial charge in [0.25, 0.3) is 0 Å². The third-order valence-corrected chi connectivity index (χ3v) is 2.32. The molecule has 0 bridgehead atoms. The zero-order valence-corrected chi connectivity index (χ0v) is 9.38. The normalized spacial score (nSPS) is 9.70. The van der Waals surface area contributed by atoms with E-state index in [0.717, 1.165) is 12.1 Å². The second kappa shape index (κ2) is 5.69. The molecule has 1 radical (unpaired) electrons. The number of rotatable bonds is 2. The quantitative estimate of drug-likeness (QED) is 0.612. The van der Waals surface area contributed by atoms with Crippen LogP contribution in [-0.4, -0.2) is 0 Å². The molecule has 0 atom stereocenters. The van der Waals surface area contributed by atoms with E-state index < -0.39 is 46.2 Å². The molecular formula is C12HF4N4. The average Bonchev–Trinajstić information content (AvgIpc) is 2.46. The number of hydrogen-bond donors (Lipinski definition) is 0. The Balaban J connectivity index is 3.79. The van der Waals surface area contributed by atoms with Crippen LogP contribution < -0.4 is 0 Å². The highest BCUT2D eigenvalue weighted by Crippen LogP contribution is 2.32. The molecule has 0 fully saturated rings. The molecule has 0 amide bonds. The van der Waals surface area contributed by atoms with Gasteiger partial charge in [0.05, 0.1) is 35.4 Å². The van der Waals surface area contributed by atoms with E-state index >= 15 is 0 Å². The first-order valence-electron chi connectivity index (χ1n) is 4.77.